The van der Waals surface area contributed by atoms with Crippen LogP contribution in [0.15, 0.2) is 24.3 Å². The van der Waals surface area contributed by atoms with Gasteiger partial charge in [0.05, 0.1) is 0 Å². The van der Waals surface area contributed by atoms with Gasteiger partial charge in [-0.1, -0.05) is 30.7 Å². The summed E-state index contributed by atoms with van der Waals surface area (Å²) < 4.78 is 0. The smallest absolute Gasteiger partial charge is 0.0409 e. The molecule has 0 amide bonds. The Balaban J connectivity index is 1.98. The van der Waals surface area contributed by atoms with Crippen molar-refractivity contribution in [3.63, 3.8) is 0 Å². The van der Waals surface area contributed by atoms with E-state index < -0.39 is 0 Å². The summed E-state index contributed by atoms with van der Waals surface area (Å²) in [6.45, 7) is 4.66. The maximum Gasteiger partial charge on any atom is 0.0409 e. The summed E-state index contributed by atoms with van der Waals surface area (Å²) in [6.07, 6.45) is 4.92. The van der Waals surface area contributed by atoms with Crippen LogP contribution in [-0.2, 0) is 0 Å². The largest absolute Gasteiger partial charge is 0.307 e. The standard InChI is InChI=1S/C16H25ClN2/c1-3-16(13-6-4-7-14(17)12-13)18-15-8-5-10-19(2)11-9-15/h4,6-7,12,15-16,18H,3,5,8-11H2,1-2H3. The second-order valence-corrected chi connectivity index (χ2v) is 6.05. The van der Waals surface area contributed by atoms with Gasteiger partial charge < -0.3 is 10.2 Å². The fourth-order valence-electron chi connectivity index (χ4n) is 2.86. The van der Waals surface area contributed by atoms with Gasteiger partial charge >= 0.3 is 0 Å². The third kappa shape index (κ3) is 4.48. The summed E-state index contributed by atoms with van der Waals surface area (Å²) in [7, 11) is 2.22. The van der Waals surface area contributed by atoms with Crippen molar-refractivity contribution in [3.05, 3.63) is 34.9 Å². The Hall–Kier alpha value is -0.570. The molecule has 0 bridgehead atoms. The number of nitrogens with zero attached hydrogens (tertiary/aromatic N) is 1. The molecule has 3 heteroatoms. The molecule has 2 rings (SSSR count). The van der Waals surface area contributed by atoms with Gasteiger partial charge in [0.15, 0.2) is 0 Å². The van der Waals surface area contributed by atoms with E-state index in [4.69, 9.17) is 11.6 Å². The molecule has 1 aromatic carbocycles. The van der Waals surface area contributed by atoms with Crippen LogP contribution in [0.3, 0.4) is 0 Å². The number of likely N-dealkylation sites (tertiary alicyclic amines) is 1. The summed E-state index contributed by atoms with van der Waals surface area (Å²) in [6, 6.07) is 9.31. The van der Waals surface area contributed by atoms with Crippen LogP contribution >= 0.6 is 11.6 Å². The molecule has 0 spiro atoms. The summed E-state index contributed by atoms with van der Waals surface area (Å²) >= 11 is 6.10. The van der Waals surface area contributed by atoms with Gasteiger partial charge in [-0.15, -0.1) is 0 Å². The molecule has 0 radical (unpaired) electrons. The molecule has 1 heterocycles. The predicted molar refractivity (Wildman–Crippen MR) is 82.8 cm³/mol. The molecule has 19 heavy (non-hydrogen) atoms. The van der Waals surface area contributed by atoms with E-state index in [1.807, 2.05) is 12.1 Å². The average Bonchev–Trinajstić information content (AvgIpc) is 2.61. The van der Waals surface area contributed by atoms with E-state index in [0.717, 1.165) is 11.4 Å². The van der Waals surface area contributed by atoms with Gasteiger partial charge in [0, 0.05) is 17.1 Å². The summed E-state index contributed by atoms with van der Waals surface area (Å²) in [5, 5.41) is 4.66. The predicted octanol–water partition coefficient (Wildman–Crippen LogP) is 3.87. The van der Waals surface area contributed by atoms with Crippen LogP contribution in [-0.4, -0.2) is 31.1 Å². The number of halogens is 1. The van der Waals surface area contributed by atoms with Crippen LogP contribution in [0.1, 0.15) is 44.2 Å². The SMILES string of the molecule is CCC(NC1CCCN(C)CC1)c1cccc(Cl)c1. The van der Waals surface area contributed by atoms with Gasteiger partial charge in [-0.3, -0.25) is 0 Å². The quantitative estimate of drug-likeness (QED) is 0.901. The van der Waals surface area contributed by atoms with Gasteiger partial charge in [-0.2, -0.15) is 0 Å². The molecular formula is C16H25ClN2. The van der Waals surface area contributed by atoms with Gasteiger partial charge in [0.25, 0.3) is 0 Å². The summed E-state index contributed by atoms with van der Waals surface area (Å²) in [4.78, 5) is 2.43. The highest BCUT2D eigenvalue weighted by Crippen LogP contribution is 2.22. The normalized spacial score (nSPS) is 23.0. The van der Waals surface area contributed by atoms with Crippen molar-refractivity contribution in [1.82, 2.24) is 10.2 Å². The Morgan fingerprint density at radius 2 is 2.21 bits per heavy atom. The van der Waals surface area contributed by atoms with Gasteiger partial charge in [-0.05, 0) is 63.5 Å². The molecule has 2 unspecified atom stereocenters. The topological polar surface area (TPSA) is 15.3 Å². The van der Waals surface area contributed by atoms with E-state index in [1.54, 1.807) is 0 Å². The van der Waals surface area contributed by atoms with E-state index in [2.05, 4.69) is 36.3 Å². The monoisotopic (exact) mass is 280 g/mol. The maximum absolute atomic E-state index is 6.10. The fraction of sp³-hybridized carbons (Fsp3) is 0.625. The highest BCUT2D eigenvalue weighted by molar-refractivity contribution is 6.30. The molecule has 2 atom stereocenters. The van der Waals surface area contributed by atoms with Crippen molar-refractivity contribution in [2.45, 2.75) is 44.7 Å². The molecule has 1 aliphatic rings. The highest BCUT2D eigenvalue weighted by atomic mass is 35.5. The van der Waals surface area contributed by atoms with Crippen molar-refractivity contribution < 1.29 is 0 Å². The number of hydrogen-bond donors (Lipinski definition) is 1. The Kier molecular flexibility index (Phi) is 5.68. The summed E-state index contributed by atoms with van der Waals surface area (Å²) in [5.41, 5.74) is 1.31. The zero-order valence-electron chi connectivity index (χ0n) is 12.0. The van der Waals surface area contributed by atoms with E-state index in [1.165, 1.54) is 37.9 Å². The van der Waals surface area contributed by atoms with Gasteiger partial charge in [0.2, 0.25) is 0 Å². The van der Waals surface area contributed by atoms with E-state index in [0.29, 0.717) is 12.1 Å². The molecule has 0 saturated carbocycles. The second kappa shape index (κ2) is 7.28. The minimum atomic E-state index is 0.423. The molecule has 1 aromatic rings. The van der Waals surface area contributed by atoms with Crippen LogP contribution < -0.4 is 5.32 Å². The van der Waals surface area contributed by atoms with Crippen molar-refractivity contribution in [2.75, 3.05) is 20.1 Å². The highest BCUT2D eigenvalue weighted by Gasteiger charge is 2.18. The third-order valence-corrected chi connectivity index (χ3v) is 4.28. The first-order chi connectivity index (χ1) is 9.19. The zero-order chi connectivity index (χ0) is 13.7. The Morgan fingerprint density at radius 3 is 2.95 bits per heavy atom. The number of benzene rings is 1. The Morgan fingerprint density at radius 1 is 1.37 bits per heavy atom. The molecule has 2 nitrogen and oxygen atoms in total. The maximum atomic E-state index is 6.10. The first-order valence-corrected chi connectivity index (χ1v) is 7.77. The summed E-state index contributed by atoms with van der Waals surface area (Å²) in [5.74, 6) is 0. The van der Waals surface area contributed by atoms with Crippen molar-refractivity contribution in [3.8, 4) is 0 Å². The lowest BCUT2D eigenvalue weighted by Gasteiger charge is -2.24. The molecule has 106 valence electrons. The van der Waals surface area contributed by atoms with E-state index >= 15 is 0 Å². The van der Waals surface area contributed by atoms with Crippen LogP contribution in [0, 0.1) is 0 Å². The third-order valence-electron chi connectivity index (χ3n) is 4.05. The van der Waals surface area contributed by atoms with Gasteiger partial charge in [-0.25, -0.2) is 0 Å². The minimum Gasteiger partial charge on any atom is -0.307 e. The molecule has 0 aliphatic carbocycles. The molecule has 1 fully saturated rings. The van der Waals surface area contributed by atoms with Crippen LogP contribution in [0.4, 0.5) is 0 Å². The Bertz CT molecular complexity index is 394. The minimum absolute atomic E-state index is 0.423. The molecule has 1 saturated heterocycles. The van der Waals surface area contributed by atoms with Crippen molar-refractivity contribution in [1.29, 1.82) is 0 Å². The molecular weight excluding hydrogens is 256 g/mol. The first kappa shape index (κ1) is 14.8. The number of nitrogens with one attached hydrogen (secondary N) is 1. The lowest BCUT2D eigenvalue weighted by molar-refractivity contribution is 0.337. The van der Waals surface area contributed by atoms with Gasteiger partial charge in [0.1, 0.15) is 0 Å². The van der Waals surface area contributed by atoms with E-state index in [9.17, 15) is 0 Å². The fourth-order valence-corrected chi connectivity index (χ4v) is 3.06. The van der Waals surface area contributed by atoms with Crippen LogP contribution in [0.2, 0.25) is 5.02 Å². The zero-order valence-corrected chi connectivity index (χ0v) is 12.8. The number of hydrogen-bond acceptors (Lipinski definition) is 2. The van der Waals surface area contributed by atoms with Crippen molar-refractivity contribution in [2.24, 2.45) is 0 Å². The van der Waals surface area contributed by atoms with Crippen LogP contribution in [0.25, 0.3) is 0 Å². The first-order valence-electron chi connectivity index (χ1n) is 7.39. The molecule has 0 aromatic heterocycles. The second-order valence-electron chi connectivity index (χ2n) is 5.61. The average molecular weight is 281 g/mol. The number of rotatable bonds is 4. The van der Waals surface area contributed by atoms with Crippen LogP contribution in [0.5, 0.6) is 0 Å². The van der Waals surface area contributed by atoms with E-state index in [-0.39, 0.29) is 0 Å². The lowest BCUT2D eigenvalue weighted by Crippen LogP contribution is -2.33. The lowest BCUT2D eigenvalue weighted by atomic mass is 10.0. The molecule has 1 aliphatic heterocycles. The molecule has 1 N–H and O–H groups in total. The van der Waals surface area contributed by atoms with Crippen molar-refractivity contribution >= 4 is 11.6 Å². The Labute approximate surface area is 122 Å².